The Morgan fingerprint density at radius 3 is 2.40 bits per heavy atom. The molecule has 15 heavy (non-hydrogen) atoms. The van der Waals surface area contributed by atoms with Gasteiger partial charge in [0.05, 0.1) is 11.9 Å². The maximum absolute atomic E-state index is 10.7. The fourth-order valence-corrected chi connectivity index (χ4v) is 1.47. The molecule has 0 heterocycles. The first kappa shape index (κ1) is 14.8. The van der Waals surface area contributed by atoms with E-state index in [0.29, 0.717) is 32.5 Å². The monoisotopic (exact) mass is 238 g/mol. The molecule has 0 aromatic heterocycles. The third kappa shape index (κ3) is 10.1. The Morgan fingerprint density at radius 1 is 1.33 bits per heavy atom. The molecule has 5 nitrogen and oxygen atoms in total. The van der Waals surface area contributed by atoms with E-state index in [0.717, 1.165) is 6.26 Å². The van der Waals surface area contributed by atoms with Gasteiger partial charge in [-0.15, -0.1) is 0 Å². The van der Waals surface area contributed by atoms with Gasteiger partial charge in [0.2, 0.25) is 10.0 Å². The first-order chi connectivity index (χ1) is 6.77. The van der Waals surface area contributed by atoms with Crippen LogP contribution in [-0.4, -0.2) is 45.0 Å². The highest BCUT2D eigenvalue weighted by Crippen LogP contribution is 2.05. The molecule has 92 valence electrons. The summed E-state index contributed by atoms with van der Waals surface area (Å²) in [6, 6.07) is 0. The standard InChI is InChI=1S/C9H22N2O3S/c1-4-9(2,12)8-10-6-5-7-11-15(3,13)14/h10-12H,4-8H2,1-3H3. The summed E-state index contributed by atoms with van der Waals surface area (Å²) in [5.41, 5.74) is -0.676. The van der Waals surface area contributed by atoms with Gasteiger partial charge in [-0.05, 0) is 26.3 Å². The van der Waals surface area contributed by atoms with Crippen molar-refractivity contribution in [1.82, 2.24) is 10.0 Å². The summed E-state index contributed by atoms with van der Waals surface area (Å²) >= 11 is 0. The molecule has 0 aromatic carbocycles. The van der Waals surface area contributed by atoms with E-state index in [-0.39, 0.29) is 0 Å². The first-order valence-electron chi connectivity index (χ1n) is 5.14. The maximum Gasteiger partial charge on any atom is 0.208 e. The van der Waals surface area contributed by atoms with Crippen LogP contribution in [0.3, 0.4) is 0 Å². The zero-order valence-electron chi connectivity index (χ0n) is 9.71. The number of aliphatic hydroxyl groups is 1. The third-order valence-corrected chi connectivity index (χ3v) is 2.89. The number of hydrogen-bond acceptors (Lipinski definition) is 4. The smallest absolute Gasteiger partial charge is 0.208 e. The van der Waals surface area contributed by atoms with Gasteiger partial charge in [0.15, 0.2) is 0 Å². The molecule has 6 heteroatoms. The van der Waals surface area contributed by atoms with Crippen molar-refractivity contribution >= 4 is 10.0 Å². The van der Waals surface area contributed by atoms with Crippen molar-refractivity contribution in [2.24, 2.45) is 0 Å². The van der Waals surface area contributed by atoms with E-state index in [4.69, 9.17) is 0 Å². The van der Waals surface area contributed by atoms with E-state index in [1.165, 1.54) is 0 Å². The van der Waals surface area contributed by atoms with E-state index in [1.54, 1.807) is 6.92 Å². The summed E-state index contributed by atoms with van der Waals surface area (Å²) < 4.78 is 23.8. The second-order valence-corrected chi connectivity index (χ2v) is 5.88. The zero-order valence-corrected chi connectivity index (χ0v) is 10.5. The Morgan fingerprint density at radius 2 is 1.93 bits per heavy atom. The third-order valence-electron chi connectivity index (χ3n) is 2.16. The van der Waals surface area contributed by atoms with Crippen LogP contribution in [0.4, 0.5) is 0 Å². The van der Waals surface area contributed by atoms with Crippen LogP contribution in [0, 0.1) is 0 Å². The molecule has 0 spiro atoms. The summed E-state index contributed by atoms with van der Waals surface area (Å²) in [5.74, 6) is 0. The van der Waals surface area contributed by atoms with Crippen molar-refractivity contribution in [3.05, 3.63) is 0 Å². The van der Waals surface area contributed by atoms with Crippen LogP contribution in [-0.2, 0) is 10.0 Å². The fraction of sp³-hybridized carbons (Fsp3) is 1.00. The van der Waals surface area contributed by atoms with Crippen LogP contribution >= 0.6 is 0 Å². The normalized spacial score (nSPS) is 16.3. The molecule has 0 saturated heterocycles. The summed E-state index contributed by atoms with van der Waals surface area (Å²) in [5, 5.41) is 12.7. The lowest BCUT2D eigenvalue weighted by atomic mass is 10.0. The van der Waals surface area contributed by atoms with Crippen molar-refractivity contribution in [3.8, 4) is 0 Å². The fourth-order valence-electron chi connectivity index (χ4n) is 0.954. The van der Waals surface area contributed by atoms with Crippen molar-refractivity contribution in [3.63, 3.8) is 0 Å². The average molecular weight is 238 g/mol. The van der Waals surface area contributed by atoms with Gasteiger partial charge in [0.1, 0.15) is 0 Å². The zero-order chi connectivity index (χ0) is 11.9. The molecule has 3 N–H and O–H groups in total. The molecule has 0 aliphatic carbocycles. The Labute approximate surface area is 92.3 Å². The molecule has 0 aliphatic rings. The lowest BCUT2D eigenvalue weighted by molar-refractivity contribution is 0.0560. The molecule has 0 aromatic rings. The van der Waals surface area contributed by atoms with Gasteiger partial charge in [-0.3, -0.25) is 0 Å². The Balaban J connectivity index is 3.41. The maximum atomic E-state index is 10.7. The lowest BCUT2D eigenvalue weighted by Crippen LogP contribution is -2.38. The van der Waals surface area contributed by atoms with Crippen LogP contribution in [0.15, 0.2) is 0 Å². The van der Waals surface area contributed by atoms with Gasteiger partial charge in [-0.25, -0.2) is 13.1 Å². The van der Waals surface area contributed by atoms with Gasteiger partial charge >= 0.3 is 0 Å². The van der Waals surface area contributed by atoms with E-state index in [9.17, 15) is 13.5 Å². The predicted molar refractivity (Wildman–Crippen MR) is 61.2 cm³/mol. The average Bonchev–Trinajstić information content (AvgIpc) is 2.09. The number of nitrogens with one attached hydrogen (secondary N) is 2. The molecular weight excluding hydrogens is 216 g/mol. The number of sulfonamides is 1. The lowest BCUT2D eigenvalue weighted by Gasteiger charge is -2.21. The van der Waals surface area contributed by atoms with Gasteiger partial charge < -0.3 is 10.4 Å². The largest absolute Gasteiger partial charge is 0.389 e. The van der Waals surface area contributed by atoms with Crippen molar-refractivity contribution in [2.75, 3.05) is 25.9 Å². The predicted octanol–water partition coefficient (Wildman–Crippen LogP) is -0.324. The first-order valence-corrected chi connectivity index (χ1v) is 7.04. The van der Waals surface area contributed by atoms with Crippen LogP contribution in [0.1, 0.15) is 26.7 Å². The van der Waals surface area contributed by atoms with Crippen molar-refractivity contribution < 1.29 is 13.5 Å². The summed E-state index contributed by atoms with van der Waals surface area (Å²) in [4.78, 5) is 0. The van der Waals surface area contributed by atoms with Gasteiger partial charge in [0, 0.05) is 13.1 Å². The summed E-state index contributed by atoms with van der Waals surface area (Å²) in [7, 11) is -3.07. The molecule has 0 radical (unpaired) electrons. The van der Waals surface area contributed by atoms with E-state index in [1.807, 2.05) is 6.92 Å². The topological polar surface area (TPSA) is 78.4 Å². The van der Waals surface area contributed by atoms with Crippen LogP contribution in [0.5, 0.6) is 0 Å². The van der Waals surface area contributed by atoms with Crippen LogP contribution in [0.2, 0.25) is 0 Å². The minimum atomic E-state index is -3.07. The van der Waals surface area contributed by atoms with Gasteiger partial charge in [0.25, 0.3) is 0 Å². The van der Waals surface area contributed by atoms with Crippen LogP contribution in [0.25, 0.3) is 0 Å². The molecule has 0 rings (SSSR count). The minimum absolute atomic E-state index is 0.431. The van der Waals surface area contributed by atoms with E-state index >= 15 is 0 Å². The Kier molecular flexibility index (Phi) is 6.35. The van der Waals surface area contributed by atoms with Crippen molar-refractivity contribution in [2.45, 2.75) is 32.3 Å². The molecule has 1 unspecified atom stereocenters. The minimum Gasteiger partial charge on any atom is -0.389 e. The number of rotatable bonds is 8. The van der Waals surface area contributed by atoms with Gasteiger partial charge in [-0.2, -0.15) is 0 Å². The SMILES string of the molecule is CCC(C)(O)CNCCCNS(C)(=O)=O. The van der Waals surface area contributed by atoms with Gasteiger partial charge in [-0.1, -0.05) is 6.92 Å². The molecule has 0 amide bonds. The highest BCUT2D eigenvalue weighted by atomic mass is 32.2. The van der Waals surface area contributed by atoms with Crippen molar-refractivity contribution in [1.29, 1.82) is 0 Å². The van der Waals surface area contributed by atoms with Crippen LogP contribution < -0.4 is 10.0 Å². The molecule has 0 aliphatic heterocycles. The molecular formula is C9H22N2O3S. The molecule has 0 bridgehead atoms. The Bertz CT molecular complexity index is 263. The van der Waals surface area contributed by atoms with E-state index < -0.39 is 15.6 Å². The Hall–Kier alpha value is -0.170. The summed E-state index contributed by atoms with van der Waals surface area (Å²) in [6.45, 7) is 5.35. The highest BCUT2D eigenvalue weighted by Gasteiger charge is 2.15. The molecule has 0 fully saturated rings. The second-order valence-electron chi connectivity index (χ2n) is 4.05. The molecule has 1 atom stereocenters. The quantitative estimate of drug-likeness (QED) is 0.506. The number of hydrogen-bond donors (Lipinski definition) is 3. The second kappa shape index (κ2) is 6.42. The summed E-state index contributed by atoms with van der Waals surface area (Å²) in [6.07, 6.45) is 2.55. The molecule has 0 saturated carbocycles. The highest BCUT2D eigenvalue weighted by molar-refractivity contribution is 7.88. The van der Waals surface area contributed by atoms with E-state index in [2.05, 4.69) is 10.0 Å².